The summed E-state index contributed by atoms with van der Waals surface area (Å²) < 4.78 is 24.5. The van der Waals surface area contributed by atoms with E-state index in [2.05, 4.69) is 0 Å². The van der Waals surface area contributed by atoms with E-state index in [4.69, 9.17) is 10.8 Å². The Kier molecular flexibility index (Phi) is 5.46. The minimum absolute atomic E-state index is 0.137. The number of hydrogen-bond acceptors (Lipinski definition) is 4. The predicted octanol–water partition coefficient (Wildman–Crippen LogP) is 0.834. The topological polar surface area (TPSA) is 66.6 Å². The van der Waals surface area contributed by atoms with Crippen LogP contribution in [0.15, 0.2) is 17.5 Å². The maximum absolute atomic E-state index is 12.3. The molecular weight excluding hydrogens is 250 g/mol. The summed E-state index contributed by atoms with van der Waals surface area (Å²) in [5.41, 5.74) is 5.68. The first-order valence-corrected chi connectivity index (χ1v) is 5.91. The predicted molar refractivity (Wildman–Crippen MR) is 60.9 cm³/mol. The number of nitrogens with two attached hydrogens (primary N) is 1. The van der Waals surface area contributed by atoms with Gasteiger partial charge in [0.15, 0.2) is 0 Å². The van der Waals surface area contributed by atoms with Crippen LogP contribution in [-0.2, 0) is 4.79 Å². The van der Waals surface area contributed by atoms with E-state index < -0.39 is 24.9 Å². The number of amides is 1. The van der Waals surface area contributed by atoms with E-state index in [0.29, 0.717) is 4.88 Å². The van der Waals surface area contributed by atoms with Crippen LogP contribution in [0.3, 0.4) is 0 Å². The average molecular weight is 264 g/mol. The van der Waals surface area contributed by atoms with Crippen molar-refractivity contribution < 1.29 is 18.7 Å². The van der Waals surface area contributed by atoms with Crippen molar-refractivity contribution in [1.82, 2.24) is 4.90 Å². The van der Waals surface area contributed by atoms with Crippen molar-refractivity contribution in [2.75, 3.05) is 19.7 Å². The molecule has 4 nitrogen and oxygen atoms in total. The smallest absolute Gasteiger partial charge is 0.255 e. The van der Waals surface area contributed by atoms with Gasteiger partial charge < -0.3 is 15.7 Å². The van der Waals surface area contributed by atoms with Crippen LogP contribution in [0, 0.1) is 0 Å². The molecular formula is C10H14F2N2O2S. The summed E-state index contributed by atoms with van der Waals surface area (Å²) in [6, 6.07) is 2.46. The van der Waals surface area contributed by atoms with Gasteiger partial charge in [-0.1, -0.05) is 6.07 Å². The monoisotopic (exact) mass is 264 g/mol. The summed E-state index contributed by atoms with van der Waals surface area (Å²) in [5, 5.41) is 10.5. The molecule has 7 heteroatoms. The number of aliphatic hydroxyl groups is 1. The third-order valence-corrected chi connectivity index (χ3v) is 3.11. The number of hydrogen-bond donors (Lipinski definition) is 2. The number of nitrogens with zero attached hydrogens (tertiary/aromatic N) is 1. The quantitative estimate of drug-likeness (QED) is 0.800. The largest absolute Gasteiger partial charge is 0.395 e. The lowest BCUT2D eigenvalue weighted by atomic mass is 10.2. The van der Waals surface area contributed by atoms with Gasteiger partial charge in [-0.25, -0.2) is 8.78 Å². The van der Waals surface area contributed by atoms with Gasteiger partial charge in [0.05, 0.1) is 13.2 Å². The molecule has 0 bridgehead atoms. The summed E-state index contributed by atoms with van der Waals surface area (Å²) >= 11 is 1.29. The normalized spacial score (nSPS) is 12.8. The maximum atomic E-state index is 12.3. The Hall–Kier alpha value is -1.05. The van der Waals surface area contributed by atoms with Gasteiger partial charge >= 0.3 is 0 Å². The standard InChI is InChI=1S/C10H14F2N2O2S/c11-8(12)6-14(3-4-15)10(16)9(13)7-2-1-5-17-7/h1-2,5,8-9,15H,3-4,6,13H2. The Morgan fingerprint density at radius 1 is 1.59 bits per heavy atom. The number of halogens is 2. The molecule has 0 saturated carbocycles. The molecule has 1 unspecified atom stereocenters. The molecule has 96 valence electrons. The van der Waals surface area contributed by atoms with Crippen molar-refractivity contribution in [3.05, 3.63) is 22.4 Å². The highest BCUT2D eigenvalue weighted by atomic mass is 32.1. The van der Waals surface area contributed by atoms with Gasteiger partial charge in [-0.15, -0.1) is 11.3 Å². The van der Waals surface area contributed by atoms with E-state index >= 15 is 0 Å². The third kappa shape index (κ3) is 4.03. The zero-order chi connectivity index (χ0) is 12.8. The van der Waals surface area contributed by atoms with Gasteiger partial charge in [0.25, 0.3) is 6.43 Å². The zero-order valence-corrected chi connectivity index (χ0v) is 9.87. The summed E-state index contributed by atoms with van der Waals surface area (Å²) in [6.07, 6.45) is -2.64. The van der Waals surface area contributed by atoms with Crippen molar-refractivity contribution in [3.8, 4) is 0 Å². The molecule has 1 aromatic rings. The number of carbonyl (C=O) groups is 1. The van der Waals surface area contributed by atoms with E-state index in [1.54, 1.807) is 17.5 Å². The highest BCUT2D eigenvalue weighted by Crippen LogP contribution is 2.19. The molecule has 0 aliphatic rings. The second kappa shape index (κ2) is 6.63. The average Bonchev–Trinajstić information content (AvgIpc) is 2.79. The van der Waals surface area contributed by atoms with Crippen LogP contribution in [0.5, 0.6) is 0 Å². The molecule has 0 aliphatic heterocycles. The van der Waals surface area contributed by atoms with Crippen molar-refractivity contribution in [2.45, 2.75) is 12.5 Å². The second-order valence-corrected chi connectivity index (χ2v) is 4.37. The zero-order valence-electron chi connectivity index (χ0n) is 9.05. The van der Waals surface area contributed by atoms with Gasteiger partial charge in [-0.3, -0.25) is 4.79 Å². The molecule has 0 aromatic carbocycles. The molecule has 0 fully saturated rings. The number of rotatable bonds is 6. The van der Waals surface area contributed by atoms with E-state index in [0.717, 1.165) is 4.90 Å². The highest BCUT2D eigenvalue weighted by molar-refractivity contribution is 7.10. The summed E-state index contributed by atoms with van der Waals surface area (Å²) in [4.78, 5) is 13.3. The molecule has 3 N–H and O–H groups in total. The lowest BCUT2D eigenvalue weighted by molar-refractivity contribution is -0.135. The van der Waals surface area contributed by atoms with Gasteiger partial charge in [0, 0.05) is 11.4 Å². The van der Waals surface area contributed by atoms with Crippen LogP contribution in [0.1, 0.15) is 10.9 Å². The molecule has 1 heterocycles. The number of carbonyl (C=O) groups excluding carboxylic acids is 1. The van der Waals surface area contributed by atoms with Gasteiger partial charge in [0.2, 0.25) is 5.91 Å². The molecule has 1 rings (SSSR count). The Balaban J connectivity index is 2.70. The van der Waals surface area contributed by atoms with Crippen LogP contribution in [0.2, 0.25) is 0 Å². The van der Waals surface area contributed by atoms with Gasteiger partial charge in [0.1, 0.15) is 6.04 Å². The lowest BCUT2D eigenvalue weighted by Crippen LogP contribution is -2.42. The molecule has 0 aliphatic carbocycles. The number of thiophene rings is 1. The van der Waals surface area contributed by atoms with Crippen LogP contribution in [0.25, 0.3) is 0 Å². The van der Waals surface area contributed by atoms with Crippen LogP contribution in [0.4, 0.5) is 8.78 Å². The van der Waals surface area contributed by atoms with Gasteiger partial charge in [-0.2, -0.15) is 0 Å². The third-order valence-electron chi connectivity index (χ3n) is 2.16. The SMILES string of the molecule is NC(C(=O)N(CCO)CC(F)F)c1cccs1. The molecule has 0 spiro atoms. The van der Waals surface area contributed by atoms with Crippen molar-refractivity contribution >= 4 is 17.2 Å². The van der Waals surface area contributed by atoms with E-state index in [9.17, 15) is 13.6 Å². The summed E-state index contributed by atoms with van der Waals surface area (Å²) in [7, 11) is 0. The Bertz CT molecular complexity index is 346. The minimum Gasteiger partial charge on any atom is -0.395 e. The van der Waals surface area contributed by atoms with Gasteiger partial charge in [-0.05, 0) is 11.4 Å². The highest BCUT2D eigenvalue weighted by Gasteiger charge is 2.25. The van der Waals surface area contributed by atoms with E-state index in [1.807, 2.05) is 0 Å². The van der Waals surface area contributed by atoms with Crippen molar-refractivity contribution in [3.63, 3.8) is 0 Å². The molecule has 17 heavy (non-hydrogen) atoms. The summed E-state index contributed by atoms with van der Waals surface area (Å²) in [5.74, 6) is -0.596. The molecule has 1 aromatic heterocycles. The molecule has 1 amide bonds. The Labute approximate surface area is 102 Å². The fourth-order valence-corrected chi connectivity index (χ4v) is 2.08. The van der Waals surface area contributed by atoms with E-state index in [-0.39, 0.29) is 13.2 Å². The minimum atomic E-state index is -2.64. The first-order chi connectivity index (χ1) is 8.06. The van der Waals surface area contributed by atoms with Crippen LogP contribution in [-0.4, -0.2) is 42.0 Å². The Morgan fingerprint density at radius 2 is 2.29 bits per heavy atom. The molecule has 1 atom stereocenters. The van der Waals surface area contributed by atoms with Crippen LogP contribution >= 0.6 is 11.3 Å². The van der Waals surface area contributed by atoms with Crippen LogP contribution < -0.4 is 5.73 Å². The fraction of sp³-hybridized carbons (Fsp3) is 0.500. The first kappa shape index (κ1) is 14.0. The van der Waals surface area contributed by atoms with Crippen molar-refractivity contribution in [1.29, 1.82) is 0 Å². The lowest BCUT2D eigenvalue weighted by Gasteiger charge is -2.24. The Morgan fingerprint density at radius 3 is 2.76 bits per heavy atom. The summed E-state index contributed by atoms with van der Waals surface area (Å²) in [6.45, 7) is -1.21. The number of aliphatic hydroxyl groups excluding tert-OH is 1. The fourth-order valence-electron chi connectivity index (χ4n) is 1.37. The second-order valence-electron chi connectivity index (χ2n) is 3.39. The first-order valence-electron chi connectivity index (χ1n) is 5.03. The van der Waals surface area contributed by atoms with Crippen molar-refractivity contribution in [2.24, 2.45) is 5.73 Å². The van der Waals surface area contributed by atoms with E-state index in [1.165, 1.54) is 11.3 Å². The maximum Gasteiger partial charge on any atom is 0.255 e. The molecule has 0 radical (unpaired) electrons. The number of alkyl halides is 2. The molecule has 0 saturated heterocycles.